The summed E-state index contributed by atoms with van der Waals surface area (Å²) in [6, 6.07) is 34.5. The Morgan fingerprint density at radius 1 is 0.870 bits per heavy atom. The lowest BCUT2D eigenvalue weighted by molar-refractivity contribution is -0.161. The van der Waals surface area contributed by atoms with E-state index < -0.39 is 27.5 Å². The Kier molecular flexibility index (Phi) is 8.80. The number of sulfonamides is 1. The maximum Gasteiger partial charge on any atom is 0.338 e. The fourth-order valence-electron chi connectivity index (χ4n) is 6.56. The van der Waals surface area contributed by atoms with Crippen molar-refractivity contribution < 1.29 is 23.1 Å². The molecule has 1 aromatic heterocycles. The summed E-state index contributed by atoms with van der Waals surface area (Å²) in [4.78, 5) is 18.5. The minimum Gasteiger partial charge on any atom is -0.512 e. The summed E-state index contributed by atoms with van der Waals surface area (Å²) in [7, 11) is -4.21. The topological polar surface area (TPSA) is 125 Å². The number of carbonyl (C=O) groups is 1. The van der Waals surface area contributed by atoms with Crippen LogP contribution in [0.3, 0.4) is 0 Å². The molecule has 0 saturated carbocycles. The number of hydrogen-bond donors (Lipinski definition) is 2. The van der Waals surface area contributed by atoms with Gasteiger partial charge in [-0.1, -0.05) is 97.9 Å². The number of nitrogens with zero attached hydrogens (tertiary/aromatic N) is 2. The standard InChI is InChI=1S/C37H37N3O5S/c1-2-29(30-19-12-20-31-34(30)39-36(46(38,43)44)40(31)28-17-10-5-11-18-28)33-32(41)25-37(45-35(33)42,23-21-26-13-6-3-7-14-26)24-22-27-15-8-4-9-16-27/h3-20,29,41H,2,21-25H2,1H3,(H2,38,43,44). The van der Waals surface area contributed by atoms with Crippen molar-refractivity contribution >= 4 is 27.0 Å². The van der Waals surface area contributed by atoms with Crippen molar-refractivity contribution in [3.8, 4) is 5.69 Å². The number of carbonyl (C=O) groups excluding carboxylic acids is 1. The summed E-state index contributed by atoms with van der Waals surface area (Å²) in [6.07, 6.45) is 3.11. The Morgan fingerprint density at radius 3 is 1.96 bits per heavy atom. The van der Waals surface area contributed by atoms with E-state index in [1.54, 1.807) is 36.4 Å². The second-order valence-electron chi connectivity index (χ2n) is 11.9. The number of cyclic esters (lactones) is 1. The van der Waals surface area contributed by atoms with Gasteiger partial charge in [0.25, 0.3) is 10.0 Å². The van der Waals surface area contributed by atoms with Crippen molar-refractivity contribution in [2.45, 2.75) is 62.1 Å². The third-order valence-electron chi connectivity index (χ3n) is 8.84. The number of fused-ring (bicyclic) bond motifs is 1. The summed E-state index contributed by atoms with van der Waals surface area (Å²) in [5.74, 6) is -1.16. The molecule has 1 atom stereocenters. The SMILES string of the molecule is CCC(C1=C(O)CC(CCc2ccccc2)(CCc2ccccc2)OC1=O)c1cccc2c1nc(S(N)(=O)=O)n2-c1ccccc1. The number of primary sulfonamides is 1. The van der Waals surface area contributed by atoms with Crippen LogP contribution in [0.4, 0.5) is 0 Å². The molecule has 0 fully saturated rings. The number of aliphatic hydroxyl groups excluding tert-OH is 1. The van der Waals surface area contributed by atoms with Crippen molar-refractivity contribution in [2.75, 3.05) is 0 Å². The molecule has 0 aliphatic carbocycles. The molecule has 1 aliphatic rings. The number of ether oxygens (including phenoxy) is 1. The number of aromatic nitrogens is 2. The van der Waals surface area contributed by atoms with E-state index in [0.29, 0.717) is 54.4 Å². The molecule has 0 bridgehead atoms. The predicted molar refractivity (Wildman–Crippen MR) is 178 cm³/mol. The Morgan fingerprint density at radius 2 is 1.43 bits per heavy atom. The zero-order chi connectivity index (χ0) is 32.3. The first-order valence-electron chi connectivity index (χ1n) is 15.5. The number of para-hydroxylation sites is 2. The Balaban J connectivity index is 1.40. The van der Waals surface area contributed by atoms with Gasteiger partial charge in [0.1, 0.15) is 11.4 Å². The smallest absolute Gasteiger partial charge is 0.338 e. The first kappa shape index (κ1) is 31.3. The van der Waals surface area contributed by atoms with Gasteiger partial charge in [-0.05, 0) is 67.0 Å². The van der Waals surface area contributed by atoms with Crippen LogP contribution in [-0.4, -0.2) is 34.6 Å². The highest BCUT2D eigenvalue weighted by Gasteiger charge is 2.44. The fourth-order valence-corrected chi connectivity index (χ4v) is 7.24. The quantitative estimate of drug-likeness (QED) is 0.152. The first-order valence-corrected chi connectivity index (χ1v) is 17.1. The van der Waals surface area contributed by atoms with E-state index in [1.165, 1.54) is 4.57 Å². The maximum atomic E-state index is 14.0. The molecule has 0 amide bonds. The molecule has 1 aliphatic heterocycles. The third-order valence-corrected chi connectivity index (χ3v) is 9.62. The molecule has 46 heavy (non-hydrogen) atoms. The van der Waals surface area contributed by atoms with Crippen molar-refractivity contribution in [3.05, 3.63) is 137 Å². The largest absolute Gasteiger partial charge is 0.512 e. The Hall–Kier alpha value is -4.73. The average Bonchev–Trinajstić information content (AvgIpc) is 3.47. The fraction of sp³-hybridized carbons (Fsp3) is 0.243. The molecule has 1 unspecified atom stereocenters. The predicted octanol–water partition coefficient (Wildman–Crippen LogP) is 6.93. The number of imidazole rings is 1. The molecule has 0 saturated heterocycles. The number of rotatable bonds is 11. The Labute approximate surface area is 269 Å². The van der Waals surface area contributed by atoms with E-state index >= 15 is 0 Å². The van der Waals surface area contributed by atoms with Gasteiger partial charge in [-0.2, -0.15) is 0 Å². The number of nitrogens with two attached hydrogens (primary N) is 1. The second kappa shape index (κ2) is 12.9. The summed E-state index contributed by atoms with van der Waals surface area (Å²) in [5, 5.41) is 17.0. The van der Waals surface area contributed by atoms with Crippen LogP contribution in [0.25, 0.3) is 16.7 Å². The zero-order valence-electron chi connectivity index (χ0n) is 25.7. The van der Waals surface area contributed by atoms with Crippen LogP contribution < -0.4 is 5.14 Å². The highest BCUT2D eigenvalue weighted by Crippen LogP contribution is 2.43. The summed E-state index contributed by atoms with van der Waals surface area (Å²) in [5.41, 5.74) is 3.65. The lowest BCUT2D eigenvalue weighted by atomic mass is 9.79. The summed E-state index contributed by atoms with van der Waals surface area (Å²) < 4.78 is 33.3. The summed E-state index contributed by atoms with van der Waals surface area (Å²) in [6.45, 7) is 1.92. The van der Waals surface area contributed by atoms with E-state index in [1.807, 2.05) is 55.5 Å². The van der Waals surface area contributed by atoms with E-state index in [0.717, 1.165) is 11.1 Å². The number of hydrogen-bond acceptors (Lipinski definition) is 6. The molecule has 8 nitrogen and oxygen atoms in total. The van der Waals surface area contributed by atoms with E-state index in [2.05, 4.69) is 29.2 Å². The lowest BCUT2D eigenvalue weighted by Gasteiger charge is -2.39. The van der Waals surface area contributed by atoms with E-state index in [-0.39, 0.29) is 22.9 Å². The van der Waals surface area contributed by atoms with Crippen LogP contribution in [0.2, 0.25) is 0 Å². The van der Waals surface area contributed by atoms with Gasteiger partial charge in [0.2, 0.25) is 5.16 Å². The molecule has 236 valence electrons. The number of esters is 1. The minimum absolute atomic E-state index is 0.00427. The van der Waals surface area contributed by atoms with Crippen molar-refractivity contribution in [1.29, 1.82) is 0 Å². The molecule has 6 rings (SSSR count). The van der Waals surface area contributed by atoms with Gasteiger partial charge >= 0.3 is 5.97 Å². The van der Waals surface area contributed by atoms with Gasteiger partial charge in [0.05, 0.1) is 16.6 Å². The average molecular weight is 636 g/mol. The van der Waals surface area contributed by atoms with Gasteiger partial charge < -0.3 is 9.84 Å². The van der Waals surface area contributed by atoms with E-state index in [9.17, 15) is 18.3 Å². The van der Waals surface area contributed by atoms with Crippen LogP contribution in [0, 0.1) is 0 Å². The van der Waals surface area contributed by atoms with Gasteiger partial charge in [0, 0.05) is 18.0 Å². The highest BCUT2D eigenvalue weighted by atomic mass is 32.2. The van der Waals surface area contributed by atoms with Crippen LogP contribution in [0.1, 0.15) is 55.2 Å². The van der Waals surface area contributed by atoms with Crippen LogP contribution in [-0.2, 0) is 32.4 Å². The molecule has 3 N–H and O–H groups in total. The minimum atomic E-state index is -4.21. The molecule has 0 radical (unpaired) electrons. The number of aryl methyl sites for hydroxylation is 2. The van der Waals surface area contributed by atoms with Gasteiger partial charge in [-0.15, -0.1) is 0 Å². The van der Waals surface area contributed by atoms with Crippen LogP contribution >= 0.6 is 0 Å². The van der Waals surface area contributed by atoms with Crippen molar-refractivity contribution in [3.63, 3.8) is 0 Å². The summed E-state index contributed by atoms with van der Waals surface area (Å²) >= 11 is 0. The zero-order valence-corrected chi connectivity index (χ0v) is 26.5. The molecule has 4 aromatic carbocycles. The van der Waals surface area contributed by atoms with Crippen molar-refractivity contribution in [1.82, 2.24) is 9.55 Å². The molecule has 9 heteroatoms. The molecular formula is C37H37N3O5S. The van der Waals surface area contributed by atoms with Gasteiger partial charge in [0.15, 0.2) is 0 Å². The maximum absolute atomic E-state index is 14.0. The molecule has 2 heterocycles. The lowest BCUT2D eigenvalue weighted by Crippen LogP contribution is -2.42. The van der Waals surface area contributed by atoms with E-state index in [4.69, 9.17) is 9.88 Å². The first-order chi connectivity index (χ1) is 22.2. The number of benzene rings is 4. The highest BCUT2D eigenvalue weighted by molar-refractivity contribution is 7.89. The molecule has 5 aromatic rings. The van der Waals surface area contributed by atoms with Crippen molar-refractivity contribution in [2.24, 2.45) is 5.14 Å². The molecule has 0 spiro atoms. The third kappa shape index (κ3) is 6.34. The number of aliphatic hydroxyl groups is 1. The molecular weight excluding hydrogens is 598 g/mol. The second-order valence-corrected chi connectivity index (χ2v) is 13.3. The van der Waals surface area contributed by atoms with Crippen LogP contribution in [0.5, 0.6) is 0 Å². The van der Waals surface area contributed by atoms with Gasteiger partial charge in [-0.25, -0.2) is 23.3 Å². The van der Waals surface area contributed by atoms with Gasteiger partial charge in [-0.3, -0.25) is 4.57 Å². The Bertz CT molecular complexity index is 1950. The normalized spacial score (nSPS) is 15.6. The monoisotopic (exact) mass is 635 g/mol. The van der Waals surface area contributed by atoms with Crippen LogP contribution in [0.15, 0.2) is 126 Å².